The van der Waals surface area contributed by atoms with Crippen molar-refractivity contribution in [2.24, 2.45) is 0 Å². The van der Waals surface area contributed by atoms with Gasteiger partial charge in [0.25, 0.3) is 5.88 Å². The molecule has 1 atom stereocenters. The van der Waals surface area contributed by atoms with Crippen LogP contribution in [-0.4, -0.2) is 27.7 Å². The van der Waals surface area contributed by atoms with Gasteiger partial charge in [-0.1, -0.05) is 6.07 Å². The lowest BCUT2D eigenvalue weighted by atomic mass is 10.1. The monoisotopic (exact) mass is 351 g/mol. The number of aryl methyl sites for hydroxylation is 1. The summed E-state index contributed by atoms with van der Waals surface area (Å²) in [5.41, 5.74) is 3.22. The Morgan fingerprint density at radius 1 is 1.08 bits per heavy atom. The molecule has 1 aromatic carbocycles. The van der Waals surface area contributed by atoms with Crippen LogP contribution >= 0.6 is 0 Å². The first-order valence-electron chi connectivity index (χ1n) is 8.50. The summed E-state index contributed by atoms with van der Waals surface area (Å²) in [7, 11) is 0. The van der Waals surface area contributed by atoms with Crippen molar-refractivity contribution in [3.8, 4) is 34.4 Å². The molecular formula is C20H18FN3O2. The van der Waals surface area contributed by atoms with E-state index in [-0.39, 0.29) is 11.9 Å². The van der Waals surface area contributed by atoms with Gasteiger partial charge in [0.05, 0.1) is 18.5 Å². The summed E-state index contributed by atoms with van der Waals surface area (Å²) in [6.07, 6.45) is 2.44. The Hall–Kier alpha value is -3.02. The van der Waals surface area contributed by atoms with Gasteiger partial charge in [-0.2, -0.15) is 4.98 Å². The number of benzene rings is 1. The molecule has 5 nitrogen and oxygen atoms in total. The van der Waals surface area contributed by atoms with E-state index in [1.807, 2.05) is 26.0 Å². The molecule has 0 saturated carbocycles. The highest BCUT2D eigenvalue weighted by molar-refractivity contribution is 5.66. The zero-order valence-corrected chi connectivity index (χ0v) is 14.6. The predicted molar refractivity (Wildman–Crippen MR) is 95.6 cm³/mol. The van der Waals surface area contributed by atoms with E-state index in [0.717, 1.165) is 23.2 Å². The summed E-state index contributed by atoms with van der Waals surface area (Å²) < 4.78 is 24.7. The smallest absolute Gasteiger partial charge is 0.261 e. The topological polar surface area (TPSA) is 57.1 Å². The van der Waals surface area contributed by atoms with Gasteiger partial charge in [0.2, 0.25) is 0 Å². The summed E-state index contributed by atoms with van der Waals surface area (Å²) in [6, 6.07) is 10.1. The van der Waals surface area contributed by atoms with Gasteiger partial charge in [0.1, 0.15) is 17.6 Å². The number of hydrogen-bond donors (Lipinski definition) is 0. The maximum atomic E-state index is 13.2. The third-order valence-corrected chi connectivity index (χ3v) is 4.26. The van der Waals surface area contributed by atoms with Gasteiger partial charge in [0.15, 0.2) is 11.6 Å². The van der Waals surface area contributed by atoms with Gasteiger partial charge in [-0.3, -0.25) is 0 Å². The van der Waals surface area contributed by atoms with Crippen molar-refractivity contribution in [2.75, 3.05) is 6.61 Å². The molecule has 0 bridgehead atoms. The van der Waals surface area contributed by atoms with Crippen molar-refractivity contribution in [3.63, 3.8) is 0 Å². The summed E-state index contributed by atoms with van der Waals surface area (Å²) in [4.78, 5) is 13.6. The highest BCUT2D eigenvalue weighted by atomic mass is 19.1. The molecule has 26 heavy (non-hydrogen) atoms. The minimum atomic E-state index is -0.275. The van der Waals surface area contributed by atoms with E-state index in [2.05, 4.69) is 9.97 Å². The lowest BCUT2D eigenvalue weighted by Gasteiger charge is -2.11. The Labute approximate surface area is 150 Å². The largest absolute Gasteiger partial charge is 0.487 e. The minimum Gasteiger partial charge on any atom is -0.487 e. The second-order valence-corrected chi connectivity index (χ2v) is 6.30. The minimum absolute atomic E-state index is 0.0275. The third-order valence-electron chi connectivity index (χ3n) is 4.26. The fourth-order valence-electron chi connectivity index (χ4n) is 2.80. The molecule has 2 aromatic heterocycles. The summed E-state index contributed by atoms with van der Waals surface area (Å²) in [5.74, 6) is 1.17. The van der Waals surface area contributed by atoms with E-state index in [1.54, 1.807) is 18.3 Å². The highest BCUT2D eigenvalue weighted by Gasteiger charge is 2.19. The fourth-order valence-corrected chi connectivity index (χ4v) is 2.80. The summed E-state index contributed by atoms with van der Waals surface area (Å²) >= 11 is 0. The first kappa shape index (κ1) is 16.4. The maximum Gasteiger partial charge on any atom is 0.261 e. The number of pyridine rings is 1. The molecule has 6 heteroatoms. The van der Waals surface area contributed by atoms with Crippen molar-refractivity contribution in [2.45, 2.75) is 26.4 Å². The van der Waals surface area contributed by atoms with Crippen LogP contribution in [0.4, 0.5) is 4.39 Å². The number of aromatic nitrogens is 3. The molecule has 3 aromatic rings. The average molecular weight is 351 g/mol. The number of fused-ring (bicyclic) bond motifs is 1. The van der Waals surface area contributed by atoms with E-state index in [4.69, 9.17) is 14.5 Å². The van der Waals surface area contributed by atoms with Crippen molar-refractivity contribution >= 4 is 0 Å². The molecule has 1 unspecified atom stereocenters. The number of halogens is 1. The van der Waals surface area contributed by atoms with Crippen molar-refractivity contribution in [3.05, 3.63) is 54.0 Å². The Bertz CT molecular complexity index is 944. The van der Waals surface area contributed by atoms with Crippen molar-refractivity contribution in [1.29, 1.82) is 0 Å². The lowest BCUT2D eigenvalue weighted by Crippen LogP contribution is -2.12. The van der Waals surface area contributed by atoms with Crippen LogP contribution in [0, 0.1) is 12.7 Å². The quantitative estimate of drug-likeness (QED) is 0.692. The van der Waals surface area contributed by atoms with E-state index < -0.39 is 0 Å². The van der Waals surface area contributed by atoms with Gasteiger partial charge >= 0.3 is 0 Å². The summed E-state index contributed by atoms with van der Waals surface area (Å²) in [5, 5.41) is 0. The fraction of sp³-hybridized carbons (Fsp3) is 0.250. The number of ether oxygens (including phenoxy) is 2. The molecule has 1 aliphatic heterocycles. The van der Waals surface area contributed by atoms with Gasteiger partial charge in [0, 0.05) is 12.0 Å². The number of nitrogens with zero attached hydrogens (tertiary/aromatic N) is 3. The van der Waals surface area contributed by atoms with Crippen molar-refractivity contribution in [1.82, 2.24) is 15.0 Å². The number of rotatable bonds is 2. The van der Waals surface area contributed by atoms with Crippen LogP contribution in [0.3, 0.4) is 0 Å². The first-order chi connectivity index (χ1) is 12.6. The zero-order valence-electron chi connectivity index (χ0n) is 14.6. The standard InChI is InChI=1S/C20H18FN3O2/c1-12-3-8-16(23-18(12)14-4-6-15(21)7-5-14)19-22-11-17-20(24-19)26-13(2)9-10-25-17/h3-8,11,13H,9-10H2,1-2H3. The normalized spacial score (nSPS) is 16.2. The molecular weight excluding hydrogens is 333 g/mol. The molecule has 1 aliphatic rings. The Kier molecular flexibility index (Phi) is 4.24. The maximum absolute atomic E-state index is 13.2. The van der Waals surface area contributed by atoms with E-state index in [1.165, 1.54) is 12.1 Å². The van der Waals surface area contributed by atoms with Gasteiger partial charge in [-0.25, -0.2) is 14.4 Å². The molecule has 0 radical (unpaired) electrons. The molecule has 0 amide bonds. The van der Waals surface area contributed by atoms with Crippen LogP contribution < -0.4 is 9.47 Å². The third kappa shape index (κ3) is 3.22. The van der Waals surface area contributed by atoms with Crippen molar-refractivity contribution < 1.29 is 13.9 Å². The molecule has 0 spiro atoms. The second kappa shape index (κ2) is 6.71. The van der Waals surface area contributed by atoms with Crippen LogP contribution in [0.15, 0.2) is 42.6 Å². The van der Waals surface area contributed by atoms with Crippen LogP contribution in [-0.2, 0) is 0 Å². The molecule has 132 valence electrons. The van der Waals surface area contributed by atoms with Crippen LogP contribution in [0.5, 0.6) is 11.6 Å². The second-order valence-electron chi connectivity index (χ2n) is 6.30. The van der Waals surface area contributed by atoms with Crippen LogP contribution in [0.25, 0.3) is 22.8 Å². The predicted octanol–water partition coefficient (Wildman–Crippen LogP) is 4.20. The molecule has 0 saturated heterocycles. The molecule has 0 N–H and O–H groups in total. The van der Waals surface area contributed by atoms with Crippen LogP contribution in [0.1, 0.15) is 18.9 Å². The summed E-state index contributed by atoms with van der Waals surface area (Å²) in [6.45, 7) is 4.53. The lowest BCUT2D eigenvalue weighted by molar-refractivity contribution is 0.204. The molecule has 4 rings (SSSR count). The zero-order chi connectivity index (χ0) is 18.1. The van der Waals surface area contributed by atoms with E-state index in [9.17, 15) is 4.39 Å². The Morgan fingerprint density at radius 3 is 2.69 bits per heavy atom. The Morgan fingerprint density at radius 2 is 1.88 bits per heavy atom. The van der Waals surface area contributed by atoms with Gasteiger partial charge in [-0.05, 0) is 49.7 Å². The Balaban J connectivity index is 1.75. The van der Waals surface area contributed by atoms with E-state index in [0.29, 0.717) is 29.8 Å². The SMILES string of the molecule is Cc1ccc(-c2ncc3c(n2)OC(C)CCO3)nc1-c1ccc(F)cc1. The molecule has 0 aliphatic carbocycles. The van der Waals surface area contributed by atoms with Gasteiger partial charge < -0.3 is 9.47 Å². The van der Waals surface area contributed by atoms with Crippen LogP contribution in [0.2, 0.25) is 0 Å². The van der Waals surface area contributed by atoms with Gasteiger partial charge in [-0.15, -0.1) is 0 Å². The first-order valence-corrected chi connectivity index (χ1v) is 8.50. The number of hydrogen-bond acceptors (Lipinski definition) is 5. The molecule has 3 heterocycles. The molecule has 0 fully saturated rings. The highest BCUT2D eigenvalue weighted by Crippen LogP contribution is 2.31. The van der Waals surface area contributed by atoms with E-state index >= 15 is 0 Å². The average Bonchev–Trinajstić information content (AvgIpc) is 2.83.